The zero-order chi connectivity index (χ0) is 23.9. The number of hydrogen-bond donors (Lipinski definition) is 0. The topological polar surface area (TPSA) is 46.6 Å². The fourth-order valence-electron chi connectivity index (χ4n) is 3.93. The highest BCUT2D eigenvalue weighted by atomic mass is 35.5. The Hall–Kier alpha value is -2.82. The molecule has 4 nitrogen and oxygen atoms in total. The number of carbonyl (C=O) groups is 2. The maximum absolute atomic E-state index is 13.2. The van der Waals surface area contributed by atoms with E-state index in [1.807, 2.05) is 76.2 Å². The lowest BCUT2D eigenvalue weighted by Crippen LogP contribution is -2.27. The first-order chi connectivity index (χ1) is 15.5. The molecule has 1 unspecified atom stereocenters. The van der Waals surface area contributed by atoms with Crippen molar-refractivity contribution in [2.24, 2.45) is 0 Å². The molecular weight excluding hydrogens is 457 g/mol. The number of fused-ring (bicyclic) bond motifs is 1. The van der Waals surface area contributed by atoms with Crippen LogP contribution >= 0.6 is 23.2 Å². The van der Waals surface area contributed by atoms with Crippen LogP contribution in [0, 0.1) is 0 Å². The second kappa shape index (κ2) is 8.85. The molecule has 33 heavy (non-hydrogen) atoms. The van der Waals surface area contributed by atoms with Gasteiger partial charge in [0.2, 0.25) is 0 Å². The number of hydrogen-bond acceptors (Lipinski definition) is 3. The van der Waals surface area contributed by atoms with Gasteiger partial charge in [-0.15, -0.1) is 0 Å². The molecule has 6 heteroatoms. The van der Waals surface area contributed by atoms with E-state index in [0.717, 1.165) is 27.9 Å². The summed E-state index contributed by atoms with van der Waals surface area (Å²) in [4.78, 5) is 27.7. The fraction of sp³-hybridized carbons (Fsp3) is 0.259. The van der Waals surface area contributed by atoms with Crippen LogP contribution in [0.25, 0.3) is 11.1 Å². The summed E-state index contributed by atoms with van der Waals surface area (Å²) in [6, 6.07) is 18.7. The molecule has 1 amide bonds. The standard InChI is InChI=1S/C27H25Cl2NO3/c1-16(26(32)33-27(2,3)4)17-10-12-24(21(13-17)18-9-11-22(28)23(29)14-18)30-15-19-7-5-6-8-20(19)25(30)31/h5-14,16H,15H2,1-4H3. The molecule has 0 radical (unpaired) electrons. The minimum Gasteiger partial charge on any atom is -0.460 e. The minimum atomic E-state index is -0.578. The van der Waals surface area contributed by atoms with E-state index >= 15 is 0 Å². The van der Waals surface area contributed by atoms with E-state index in [1.54, 1.807) is 17.0 Å². The SMILES string of the molecule is CC(C(=O)OC(C)(C)C)c1ccc(N2Cc3ccccc3C2=O)c(-c2ccc(Cl)c(Cl)c2)c1. The highest BCUT2D eigenvalue weighted by Crippen LogP contribution is 2.39. The number of rotatable bonds is 4. The Kier molecular flexibility index (Phi) is 6.26. The molecule has 1 aliphatic rings. The quantitative estimate of drug-likeness (QED) is 0.368. The molecule has 1 aliphatic heterocycles. The number of benzene rings is 3. The summed E-state index contributed by atoms with van der Waals surface area (Å²) in [5.74, 6) is -0.842. The minimum absolute atomic E-state index is 0.0557. The van der Waals surface area contributed by atoms with Gasteiger partial charge in [-0.05, 0) is 74.7 Å². The Bertz CT molecular complexity index is 1250. The van der Waals surface area contributed by atoms with Gasteiger partial charge in [-0.1, -0.05) is 53.5 Å². The Morgan fingerprint density at radius 2 is 1.70 bits per heavy atom. The first-order valence-electron chi connectivity index (χ1n) is 10.8. The smallest absolute Gasteiger partial charge is 0.313 e. The predicted molar refractivity (Wildman–Crippen MR) is 133 cm³/mol. The summed E-state index contributed by atoms with van der Waals surface area (Å²) < 4.78 is 5.58. The van der Waals surface area contributed by atoms with Crippen molar-refractivity contribution in [3.8, 4) is 11.1 Å². The highest BCUT2D eigenvalue weighted by molar-refractivity contribution is 6.42. The molecular formula is C27H25Cl2NO3. The number of nitrogens with zero attached hydrogens (tertiary/aromatic N) is 1. The van der Waals surface area contributed by atoms with E-state index in [4.69, 9.17) is 27.9 Å². The Morgan fingerprint density at radius 3 is 2.36 bits per heavy atom. The summed E-state index contributed by atoms with van der Waals surface area (Å²) in [5.41, 5.74) is 4.24. The molecule has 0 aliphatic carbocycles. The second-order valence-corrected chi connectivity index (χ2v) is 10.0. The number of ether oxygens (including phenoxy) is 1. The lowest BCUT2D eigenvalue weighted by atomic mass is 9.94. The van der Waals surface area contributed by atoms with Crippen molar-refractivity contribution in [2.75, 3.05) is 4.90 Å². The van der Waals surface area contributed by atoms with Gasteiger partial charge in [0.1, 0.15) is 5.60 Å². The van der Waals surface area contributed by atoms with E-state index in [2.05, 4.69) is 0 Å². The number of carbonyl (C=O) groups excluding carboxylic acids is 2. The van der Waals surface area contributed by atoms with Crippen LogP contribution in [0.15, 0.2) is 60.7 Å². The Balaban J connectivity index is 1.80. The van der Waals surface area contributed by atoms with E-state index in [1.165, 1.54) is 0 Å². The number of amides is 1. The van der Waals surface area contributed by atoms with Gasteiger partial charge < -0.3 is 9.64 Å². The number of halogens is 2. The van der Waals surface area contributed by atoms with Crippen LogP contribution < -0.4 is 4.90 Å². The van der Waals surface area contributed by atoms with Crippen molar-refractivity contribution in [1.29, 1.82) is 0 Å². The molecule has 1 heterocycles. The van der Waals surface area contributed by atoms with Gasteiger partial charge in [0.05, 0.1) is 28.2 Å². The highest BCUT2D eigenvalue weighted by Gasteiger charge is 2.31. The van der Waals surface area contributed by atoms with Gasteiger partial charge in [-0.2, -0.15) is 0 Å². The summed E-state index contributed by atoms with van der Waals surface area (Å²) in [5, 5.41) is 0.867. The summed E-state index contributed by atoms with van der Waals surface area (Å²) >= 11 is 12.5. The average molecular weight is 482 g/mol. The van der Waals surface area contributed by atoms with Crippen LogP contribution in [-0.4, -0.2) is 17.5 Å². The largest absolute Gasteiger partial charge is 0.460 e. The molecule has 170 valence electrons. The lowest BCUT2D eigenvalue weighted by molar-refractivity contribution is -0.156. The molecule has 0 saturated heterocycles. The van der Waals surface area contributed by atoms with E-state index in [0.29, 0.717) is 22.2 Å². The Morgan fingerprint density at radius 1 is 0.970 bits per heavy atom. The van der Waals surface area contributed by atoms with E-state index in [-0.39, 0.29) is 11.9 Å². The zero-order valence-corrected chi connectivity index (χ0v) is 20.5. The van der Waals surface area contributed by atoms with Gasteiger partial charge in [0.25, 0.3) is 5.91 Å². The first kappa shape index (κ1) is 23.3. The van der Waals surface area contributed by atoms with Crippen molar-refractivity contribution in [3.05, 3.63) is 87.4 Å². The van der Waals surface area contributed by atoms with Crippen LogP contribution in [0.2, 0.25) is 10.0 Å². The van der Waals surface area contributed by atoms with Crippen LogP contribution in [0.3, 0.4) is 0 Å². The molecule has 4 rings (SSSR count). The van der Waals surface area contributed by atoms with Crippen LogP contribution in [0.1, 0.15) is 55.1 Å². The molecule has 0 saturated carbocycles. The van der Waals surface area contributed by atoms with Crippen molar-refractivity contribution >= 4 is 40.8 Å². The molecule has 3 aromatic carbocycles. The zero-order valence-electron chi connectivity index (χ0n) is 19.0. The van der Waals surface area contributed by atoms with Crippen molar-refractivity contribution in [3.63, 3.8) is 0 Å². The van der Waals surface area contributed by atoms with E-state index < -0.39 is 11.5 Å². The van der Waals surface area contributed by atoms with Gasteiger partial charge >= 0.3 is 5.97 Å². The molecule has 0 spiro atoms. The third-order valence-electron chi connectivity index (χ3n) is 5.62. The van der Waals surface area contributed by atoms with Crippen LogP contribution in [0.5, 0.6) is 0 Å². The number of esters is 1. The molecule has 0 N–H and O–H groups in total. The third-order valence-corrected chi connectivity index (χ3v) is 6.36. The molecule has 3 aromatic rings. The van der Waals surface area contributed by atoms with Gasteiger partial charge in [0, 0.05) is 11.1 Å². The van der Waals surface area contributed by atoms with Crippen molar-refractivity contribution in [2.45, 2.75) is 45.8 Å². The number of anilines is 1. The average Bonchev–Trinajstić information content (AvgIpc) is 3.10. The second-order valence-electron chi connectivity index (χ2n) is 9.21. The molecule has 0 aromatic heterocycles. The monoisotopic (exact) mass is 481 g/mol. The molecule has 0 bridgehead atoms. The fourth-order valence-corrected chi connectivity index (χ4v) is 4.23. The lowest BCUT2D eigenvalue weighted by Gasteiger charge is -2.24. The normalized spacial score (nSPS) is 14.2. The Labute approximate surface area is 204 Å². The van der Waals surface area contributed by atoms with Crippen molar-refractivity contribution < 1.29 is 14.3 Å². The van der Waals surface area contributed by atoms with Crippen molar-refractivity contribution in [1.82, 2.24) is 0 Å². The summed E-state index contributed by atoms with van der Waals surface area (Å²) in [6.07, 6.45) is 0. The van der Waals surface area contributed by atoms with Crippen LogP contribution in [-0.2, 0) is 16.1 Å². The van der Waals surface area contributed by atoms with E-state index in [9.17, 15) is 9.59 Å². The van der Waals surface area contributed by atoms with Crippen LogP contribution in [0.4, 0.5) is 5.69 Å². The maximum atomic E-state index is 13.2. The first-order valence-corrected chi connectivity index (χ1v) is 11.5. The summed E-state index contributed by atoms with van der Waals surface area (Å²) in [7, 11) is 0. The summed E-state index contributed by atoms with van der Waals surface area (Å²) in [6.45, 7) is 7.83. The maximum Gasteiger partial charge on any atom is 0.313 e. The molecule has 0 fully saturated rings. The van der Waals surface area contributed by atoms with Gasteiger partial charge in [-0.25, -0.2) is 0 Å². The van der Waals surface area contributed by atoms with Gasteiger partial charge in [0.15, 0.2) is 0 Å². The molecule has 1 atom stereocenters. The predicted octanol–water partition coefficient (Wildman–Crippen LogP) is 7.27. The van der Waals surface area contributed by atoms with Gasteiger partial charge in [-0.3, -0.25) is 9.59 Å². The third kappa shape index (κ3) is 4.78.